The van der Waals surface area contributed by atoms with Gasteiger partial charge >= 0.3 is 0 Å². The zero-order valence-electron chi connectivity index (χ0n) is 14.2. The SMILES string of the molecule is CC.O=C(NC1CCC1)c1cc(-c2cncs2)cc2c1ccn2SF. The number of nitrogens with one attached hydrogen (secondary N) is 1. The molecule has 0 bridgehead atoms. The van der Waals surface area contributed by atoms with Crippen LogP contribution in [0.2, 0.25) is 0 Å². The second-order valence-electron chi connectivity index (χ2n) is 5.63. The Bertz CT molecular complexity index is 857. The Kier molecular flexibility index (Phi) is 5.75. The van der Waals surface area contributed by atoms with E-state index in [4.69, 9.17) is 0 Å². The van der Waals surface area contributed by atoms with E-state index >= 15 is 0 Å². The number of carbonyl (C=O) groups is 1. The summed E-state index contributed by atoms with van der Waals surface area (Å²) in [5.41, 5.74) is 3.91. The van der Waals surface area contributed by atoms with Crippen LogP contribution in [0.4, 0.5) is 3.89 Å². The second kappa shape index (κ2) is 8.01. The van der Waals surface area contributed by atoms with Crippen molar-refractivity contribution in [3.05, 3.63) is 41.7 Å². The van der Waals surface area contributed by atoms with Crippen LogP contribution in [0.1, 0.15) is 43.5 Å². The first-order valence-electron chi connectivity index (χ1n) is 8.40. The number of thiazole rings is 1. The van der Waals surface area contributed by atoms with Gasteiger partial charge in [-0.1, -0.05) is 13.8 Å². The van der Waals surface area contributed by atoms with E-state index in [2.05, 4.69) is 10.3 Å². The lowest BCUT2D eigenvalue weighted by molar-refractivity contribution is 0.0918. The number of benzene rings is 1. The predicted molar refractivity (Wildman–Crippen MR) is 104 cm³/mol. The van der Waals surface area contributed by atoms with Gasteiger partial charge in [0, 0.05) is 29.4 Å². The lowest BCUT2D eigenvalue weighted by Gasteiger charge is -2.26. The van der Waals surface area contributed by atoms with Crippen molar-refractivity contribution in [2.45, 2.75) is 39.2 Å². The summed E-state index contributed by atoms with van der Waals surface area (Å²) in [4.78, 5) is 17.7. The smallest absolute Gasteiger partial charge is 0.252 e. The highest BCUT2D eigenvalue weighted by Gasteiger charge is 2.22. The minimum Gasteiger partial charge on any atom is -0.349 e. The molecule has 0 unspecified atom stereocenters. The monoisotopic (exact) mass is 377 g/mol. The van der Waals surface area contributed by atoms with Crippen LogP contribution >= 0.6 is 23.7 Å². The largest absolute Gasteiger partial charge is 0.349 e. The molecule has 3 aromatic rings. The van der Waals surface area contributed by atoms with Crippen LogP contribution in [0.3, 0.4) is 0 Å². The maximum absolute atomic E-state index is 13.1. The van der Waals surface area contributed by atoms with E-state index in [0.29, 0.717) is 11.1 Å². The molecule has 2 heterocycles. The first-order valence-corrected chi connectivity index (χ1v) is 9.95. The van der Waals surface area contributed by atoms with E-state index in [-0.39, 0.29) is 24.3 Å². The van der Waals surface area contributed by atoms with Gasteiger partial charge in [0.25, 0.3) is 5.91 Å². The minimum atomic E-state index is -0.0901. The van der Waals surface area contributed by atoms with Gasteiger partial charge in [0.1, 0.15) is 0 Å². The zero-order chi connectivity index (χ0) is 17.8. The first-order chi connectivity index (χ1) is 12.3. The van der Waals surface area contributed by atoms with Crippen LogP contribution < -0.4 is 5.32 Å². The van der Waals surface area contributed by atoms with Gasteiger partial charge in [-0.05, 0) is 43.0 Å². The van der Waals surface area contributed by atoms with Crippen LogP contribution in [0.5, 0.6) is 0 Å². The summed E-state index contributed by atoms with van der Waals surface area (Å²) in [6.07, 6.45) is 6.63. The Morgan fingerprint density at radius 3 is 2.80 bits per heavy atom. The Morgan fingerprint density at radius 2 is 2.20 bits per heavy atom. The second-order valence-corrected chi connectivity index (χ2v) is 7.05. The van der Waals surface area contributed by atoms with Crippen LogP contribution in [-0.2, 0) is 0 Å². The summed E-state index contributed by atoms with van der Waals surface area (Å²) >= 11 is 1.63. The van der Waals surface area contributed by atoms with Gasteiger partial charge < -0.3 is 5.32 Å². The van der Waals surface area contributed by atoms with Gasteiger partial charge in [-0.3, -0.25) is 13.8 Å². The molecule has 1 N–H and O–H groups in total. The Balaban J connectivity index is 0.000000880. The summed E-state index contributed by atoms with van der Waals surface area (Å²) < 4.78 is 14.6. The standard InChI is InChI=1S/C16H14FN3OS2.C2H6/c17-23-20-5-4-12-13(16(21)19-11-2-1-3-11)6-10(7-14(12)20)15-8-18-9-22-15;1-2/h4-9,11H,1-3H2,(H,19,21);1-2H3. The molecule has 0 radical (unpaired) electrons. The van der Waals surface area contributed by atoms with E-state index in [0.717, 1.165) is 35.1 Å². The number of carbonyl (C=O) groups excluding carboxylic acids is 1. The van der Waals surface area contributed by atoms with Crippen molar-refractivity contribution in [1.82, 2.24) is 14.3 Å². The van der Waals surface area contributed by atoms with Gasteiger partial charge in [-0.15, -0.1) is 15.2 Å². The molecule has 1 aromatic carbocycles. The highest BCUT2D eigenvalue weighted by molar-refractivity contribution is 7.92. The van der Waals surface area contributed by atoms with E-state index in [9.17, 15) is 8.68 Å². The summed E-state index contributed by atoms with van der Waals surface area (Å²) in [6, 6.07) is 5.82. The van der Waals surface area contributed by atoms with E-state index in [1.165, 1.54) is 15.3 Å². The quantitative estimate of drug-likeness (QED) is 0.657. The van der Waals surface area contributed by atoms with Crippen molar-refractivity contribution in [2.24, 2.45) is 0 Å². The molecule has 0 aliphatic heterocycles. The van der Waals surface area contributed by atoms with E-state index in [1.54, 1.807) is 24.0 Å². The lowest BCUT2D eigenvalue weighted by atomic mass is 9.92. The molecule has 1 aliphatic rings. The maximum atomic E-state index is 13.1. The molecular formula is C18H20FN3OS2. The van der Waals surface area contributed by atoms with Gasteiger partial charge in [0.2, 0.25) is 0 Å². The summed E-state index contributed by atoms with van der Waals surface area (Å²) in [6.45, 7) is 4.00. The van der Waals surface area contributed by atoms with Gasteiger partial charge in [-0.2, -0.15) is 0 Å². The van der Waals surface area contributed by atoms with Gasteiger partial charge in [0.15, 0.2) is 12.3 Å². The highest BCUT2D eigenvalue weighted by Crippen LogP contribution is 2.32. The average Bonchev–Trinajstić information content (AvgIpc) is 3.28. The molecule has 7 heteroatoms. The van der Waals surface area contributed by atoms with Crippen molar-refractivity contribution < 1.29 is 8.68 Å². The van der Waals surface area contributed by atoms with E-state index < -0.39 is 0 Å². The van der Waals surface area contributed by atoms with Crippen molar-refractivity contribution in [3.63, 3.8) is 0 Å². The van der Waals surface area contributed by atoms with E-state index in [1.807, 2.05) is 26.0 Å². The number of amides is 1. The molecule has 0 saturated heterocycles. The fraction of sp³-hybridized carbons (Fsp3) is 0.333. The van der Waals surface area contributed by atoms with Crippen molar-refractivity contribution >= 4 is 40.5 Å². The molecule has 4 nitrogen and oxygen atoms in total. The normalized spacial score (nSPS) is 13.9. The number of rotatable bonds is 4. The summed E-state index contributed by atoms with van der Waals surface area (Å²) in [5, 5.41) is 3.83. The molecule has 1 amide bonds. The van der Waals surface area contributed by atoms with Crippen LogP contribution in [0.25, 0.3) is 21.3 Å². The number of aromatic nitrogens is 2. The minimum absolute atomic E-state index is 0.0901. The summed E-state index contributed by atoms with van der Waals surface area (Å²) in [5.74, 6) is -0.0901. The third kappa shape index (κ3) is 3.57. The molecule has 0 spiro atoms. The molecule has 4 rings (SSSR count). The van der Waals surface area contributed by atoms with Crippen LogP contribution in [0.15, 0.2) is 36.1 Å². The number of hydrogen-bond acceptors (Lipinski definition) is 4. The number of hydrogen-bond donors (Lipinski definition) is 1. The number of halogens is 1. The molecule has 1 saturated carbocycles. The fourth-order valence-electron chi connectivity index (χ4n) is 2.78. The number of nitrogens with zero attached hydrogens (tertiary/aromatic N) is 2. The zero-order valence-corrected chi connectivity index (χ0v) is 15.8. The molecule has 2 aromatic heterocycles. The fourth-order valence-corrected chi connectivity index (χ4v) is 3.73. The third-order valence-electron chi connectivity index (χ3n) is 4.25. The molecule has 25 heavy (non-hydrogen) atoms. The first kappa shape index (κ1) is 17.9. The Hall–Kier alpha value is -1.86. The van der Waals surface area contributed by atoms with Crippen molar-refractivity contribution in [2.75, 3.05) is 0 Å². The van der Waals surface area contributed by atoms with Gasteiger partial charge in [-0.25, -0.2) is 0 Å². The molecule has 1 fully saturated rings. The maximum Gasteiger partial charge on any atom is 0.252 e. The number of fused-ring (bicyclic) bond motifs is 1. The van der Waals surface area contributed by atoms with Crippen molar-refractivity contribution in [1.29, 1.82) is 0 Å². The lowest BCUT2D eigenvalue weighted by Crippen LogP contribution is -2.39. The average molecular weight is 378 g/mol. The summed E-state index contributed by atoms with van der Waals surface area (Å²) in [7, 11) is 0. The Morgan fingerprint density at radius 1 is 1.40 bits per heavy atom. The van der Waals surface area contributed by atoms with Crippen LogP contribution in [-0.4, -0.2) is 20.9 Å². The van der Waals surface area contributed by atoms with Crippen molar-refractivity contribution in [3.8, 4) is 10.4 Å². The highest BCUT2D eigenvalue weighted by atomic mass is 32.2. The molecule has 132 valence electrons. The molecule has 1 aliphatic carbocycles. The molecular weight excluding hydrogens is 357 g/mol. The van der Waals surface area contributed by atoms with Gasteiger partial charge in [0.05, 0.1) is 15.9 Å². The Labute approximate surface area is 154 Å². The van der Waals surface area contributed by atoms with Crippen LogP contribution in [0, 0.1) is 0 Å². The molecule has 0 atom stereocenters. The predicted octanol–water partition coefficient (Wildman–Crippen LogP) is 5.45. The third-order valence-corrected chi connectivity index (χ3v) is 5.54. The topological polar surface area (TPSA) is 46.9 Å².